The lowest BCUT2D eigenvalue weighted by molar-refractivity contribution is 0.0490. The molecule has 12 nitrogen and oxygen atoms in total. The molecule has 0 saturated carbocycles. The summed E-state index contributed by atoms with van der Waals surface area (Å²) < 4.78 is 33.2. The van der Waals surface area contributed by atoms with E-state index in [1.807, 2.05) is 0 Å². The Hall–Kier alpha value is -4.37. The van der Waals surface area contributed by atoms with Gasteiger partial charge in [-0.05, 0) is 43.2 Å². The number of anilines is 1. The summed E-state index contributed by atoms with van der Waals surface area (Å²) in [6.07, 6.45) is 1.39. The summed E-state index contributed by atoms with van der Waals surface area (Å²) in [4.78, 5) is 53.2. The van der Waals surface area contributed by atoms with Gasteiger partial charge in [-0.3, -0.25) is 19.3 Å². The van der Waals surface area contributed by atoms with Gasteiger partial charge in [0.2, 0.25) is 0 Å². The molecule has 0 spiro atoms. The lowest BCUT2D eigenvalue weighted by Crippen LogP contribution is -2.47. The smallest absolute Gasteiger partial charge is 0.261 e. The molecule has 236 valence electrons. The highest BCUT2D eigenvalue weighted by Crippen LogP contribution is 2.33. The van der Waals surface area contributed by atoms with Crippen LogP contribution in [-0.2, 0) is 0 Å². The summed E-state index contributed by atoms with van der Waals surface area (Å²) in [5, 5.41) is 22.2. The van der Waals surface area contributed by atoms with E-state index in [2.05, 4.69) is 25.2 Å². The van der Waals surface area contributed by atoms with E-state index < -0.39 is 41.6 Å². The van der Waals surface area contributed by atoms with Crippen molar-refractivity contribution in [2.45, 2.75) is 25.0 Å². The third-order valence-corrected chi connectivity index (χ3v) is 8.30. The predicted octanol–water partition coefficient (Wildman–Crippen LogP) is 2.75. The first-order valence-corrected chi connectivity index (χ1v) is 14.7. The Labute approximate surface area is 259 Å². The number of pyridine rings is 1. The van der Waals surface area contributed by atoms with Crippen LogP contribution in [-0.4, -0.2) is 98.3 Å². The number of likely N-dealkylation sites (tertiary alicyclic amines) is 1. The van der Waals surface area contributed by atoms with Gasteiger partial charge in [-0.25, -0.2) is 13.8 Å². The third kappa shape index (κ3) is 5.89. The van der Waals surface area contributed by atoms with Gasteiger partial charge >= 0.3 is 0 Å². The second kappa shape index (κ2) is 12.6. The van der Waals surface area contributed by atoms with Gasteiger partial charge in [0, 0.05) is 38.4 Å². The van der Waals surface area contributed by atoms with Crippen molar-refractivity contribution in [3.8, 4) is 17.1 Å². The standard InChI is InChI=1S/C30H29ClF2N6O6/c31-19-1-2-20(32)26(25(19)33)45-14-16(41)13-35-21-3-6-34-28(42)24(21)27-36-22-11-17-18(12-23(22)37-27)30(44)39(29(17)43)15-4-7-38(8-5-15)9-10-40/h1-3,6,11-12,15-16,40-41H,4-5,7-10,13-14H2,(H,36,37)(H2,34,35,42)/t16-/m1/s1. The number of aliphatic hydroxyl groups excluding tert-OH is 2. The van der Waals surface area contributed by atoms with Gasteiger partial charge in [0.05, 0.1) is 39.5 Å². The number of nitrogens with one attached hydrogen (secondary N) is 3. The van der Waals surface area contributed by atoms with Crippen LogP contribution in [0.1, 0.15) is 33.6 Å². The molecule has 2 amide bonds. The number of nitrogens with zero attached hydrogens (tertiary/aromatic N) is 3. The van der Waals surface area contributed by atoms with E-state index in [1.54, 1.807) is 12.1 Å². The van der Waals surface area contributed by atoms with Crippen molar-refractivity contribution in [2.24, 2.45) is 0 Å². The molecule has 4 aromatic rings. The number of amides is 2. The first-order chi connectivity index (χ1) is 21.7. The van der Waals surface area contributed by atoms with Crippen LogP contribution in [0.2, 0.25) is 5.02 Å². The summed E-state index contributed by atoms with van der Waals surface area (Å²) in [5.41, 5.74) is 1.18. The Morgan fingerprint density at radius 1 is 1.11 bits per heavy atom. The van der Waals surface area contributed by atoms with E-state index in [-0.39, 0.29) is 58.3 Å². The summed E-state index contributed by atoms with van der Waals surface area (Å²) >= 11 is 5.68. The van der Waals surface area contributed by atoms with Gasteiger partial charge in [0.1, 0.15) is 24.1 Å². The molecule has 15 heteroatoms. The first-order valence-electron chi connectivity index (χ1n) is 14.3. The highest BCUT2D eigenvalue weighted by atomic mass is 35.5. The van der Waals surface area contributed by atoms with E-state index in [0.717, 1.165) is 12.1 Å². The monoisotopic (exact) mass is 642 g/mol. The number of β-amino-alcohol motifs (C(OH)–C–C–N with tert-alkyl or cyclic N) is 1. The van der Waals surface area contributed by atoms with E-state index in [4.69, 9.17) is 16.3 Å². The second-order valence-corrected chi connectivity index (χ2v) is 11.3. The van der Waals surface area contributed by atoms with Crippen LogP contribution in [0, 0.1) is 11.6 Å². The molecule has 5 N–H and O–H groups in total. The summed E-state index contributed by atoms with van der Waals surface area (Å²) in [6, 6.07) is 6.39. The molecule has 4 heterocycles. The number of hydrogen-bond acceptors (Lipinski definition) is 9. The van der Waals surface area contributed by atoms with E-state index in [0.29, 0.717) is 43.5 Å². The van der Waals surface area contributed by atoms with Crippen LogP contribution in [0.25, 0.3) is 22.4 Å². The molecule has 1 atom stereocenters. The fourth-order valence-corrected chi connectivity index (χ4v) is 5.87. The number of carbonyl (C=O) groups is 2. The Bertz CT molecular complexity index is 1790. The Balaban J connectivity index is 1.18. The van der Waals surface area contributed by atoms with Crippen LogP contribution >= 0.6 is 11.6 Å². The number of fused-ring (bicyclic) bond motifs is 2. The maximum absolute atomic E-state index is 14.1. The van der Waals surface area contributed by atoms with Gasteiger partial charge in [-0.2, -0.15) is 0 Å². The fourth-order valence-electron chi connectivity index (χ4n) is 5.72. The molecular formula is C30H29ClF2N6O6. The molecule has 0 aliphatic carbocycles. The molecule has 45 heavy (non-hydrogen) atoms. The lowest BCUT2D eigenvalue weighted by Gasteiger charge is -2.35. The molecule has 2 aliphatic heterocycles. The number of aromatic amines is 2. The Morgan fingerprint density at radius 2 is 1.84 bits per heavy atom. The Kier molecular flexibility index (Phi) is 8.55. The molecule has 2 aliphatic rings. The average Bonchev–Trinajstić information content (AvgIpc) is 3.54. The molecule has 1 saturated heterocycles. The summed E-state index contributed by atoms with van der Waals surface area (Å²) in [6.45, 7) is 1.32. The number of H-pyrrole nitrogens is 2. The number of aliphatic hydroxyl groups is 2. The number of carbonyl (C=O) groups excluding carboxylic acids is 2. The number of piperidine rings is 1. The van der Waals surface area contributed by atoms with Gasteiger partial charge in [-0.15, -0.1) is 0 Å². The highest BCUT2D eigenvalue weighted by molar-refractivity contribution is 6.30. The molecule has 6 rings (SSSR count). The molecular weight excluding hydrogens is 614 g/mol. The quantitative estimate of drug-likeness (QED) is 0.129. The molecule has 0 unspecified atom stereocenters. The number of imide groups is 1. The van der Waals surface area contributed by atoms with Crippen LogP contribution in [0.3, 0.4) is 0 Å². The first kappa shape index (κ1) is 30.6. The fraction of sp³-hybridized carbons (Fsp3) is 0.333. The van der Waals surface area contributed by atoms with Crippen molar-refractivity contribution < 1.29 is 33.3 Å². The van der Waals surface area contributed by atoms with Crippen molar-refractivity contribution in [2.75, 3.05) is 44.7 Å². The van der Waals surface area contributed by atoms with Gasteiger partial charge in [0.15, 0.2) is 17.4 Å². The Morgan fingerprint density at radius 3 is 2.58 bits per heavy atom. The maximum Gasteiger partial charge on any atom is 0.261 e. The zero-order chi connectivity index (χ0) is 31.8. The number of ether oxygens (including phenoxy) is 1. The third-order valence-electron chi connectivity index (χ3n) is 8.01. The molecule has 2 aromatic heterocycles. The minimum absolute atomic E-state index is 0.0531. The van der Waals surface area contributed by atoms with Gasteiger partial charge in [0.25, 0.3) is 17.4 Å². The van der Waals surface area contributed by atoms with Crippen molar-refractivity contribution in [3.05, 3.63) is 74.7 Å². The zero-order valence-corrected chi connectivity index (χ0v) is 24.5. The lowest BCUT2D eigenvalue weighted by atomic mass is 10.0. The van der Waals surface area contributed by atoms with Gasteiger partial charge in [-0.1, -0.05) is 11.6 Å². The number of imidazole rings is 1. The minimum atomic E-state index is -1.24. The number of aromatic nitrogens is 3. The van der Waals surface area contributed by atoms with Crippen LogP contribution in [0.4, 0.5) is 14.5 Å². The van der Waals surface area contributed by atoms with Crippen LogP contribution in [0.5, 0.6) is 5.75 Å². The van der Waals surface area contributed by atoms with Crippen molar-refractivity contribution in [1.82, 2.24) is 24.8 Å². The van der Waals surface area contributed by atoms with Gasteiger partial charge < -0.3 is 35.1 Å². The van der Waals surface area contributed by atoms with Crippen LogP contribution < -0.4 is 15.6 Å². The average molecular weight is 643 g/mol. The number of benzene rings is 2. The number of halogens is 3. The van der Waals surface area contributed by atoms with Crippen LogP contribution in [0.15, 0.2) is 41.3 Å². The topological polar surface area (TPSA) is 164 Å². The zero-order valence-electron chi connectivity index (χ0n) is 23.8. The molecule has 0 radical (unpaired) electrons. The normalized spacial score (nSPS) is 16.4. The molecule has 1 fully saturated rings. The van der Waals surface area contributed by atoms with Crippen molar-refractivity contribution >= 4 is 40.1 Å². The largest absolute Gasteiger partial charge is 0.485 e. The van der Waals surface area contributed by atoms with Crippen molar-refractivity contribution in [3.63, 3.8) is 0 Å². The highest BCUT2D eigenvalue weighted by Gasteiger charge is 2.41. The van der Waals surface area contributed by atoms with E-state index in [9.17, 15) is 33.4 Å². The molecule has 0 bridgehead atoms. The SMILES string of the molecule is O=C1c2cc3nc(-c4c(NC[C@@H](O)COc5c(F)ccc(Cl)c5F)cc[nH]c4=O)[nH]c3cc2C(=O)N1C1CCN(CCO)CC1. The van der Waals surface area contributed by atoms with E-state index in [1.165, 1.54) is 17.2 Å². The maximum atomic E-state index is 14.1. The molecule has 2 aromatic carbocycles. The number of hydrogen-bond donors (Lipinski definition) is 5. The second-order valence-electron chi connectivity index (χ2n) is 10.9. The number of rotatable bonds is 10. The summed E-state index contributed by atoms with van der Waals surface area (Å²) in [7, 11) is 0. The minimum Gasteiger partial charge on any atom is -0.485 e. The predicted molar refractivity (Wildman–Crippen MR) is 161 cm³/mol. The van der Waals surface area contributed by atoms with Crippen molar-refractivity contribution in [1.29, 1.82) is 0 Å². The van der Waals surface area contributed by atoms with E-state index >= 15 is 0 Å². The summed E-state index contributed by atoms with van der Waals surface area (Å²) in [5.74, 6) is -3.39.